The molecule has 2 aromatic carbocycles. The Morgan fingerprint density at radius 1 is 1.00 bits per heavy atom. The summed E-state index contributed by atoms with van der Waals surface area (Å²) in [6.45, 7) is 7.49. The van der Waals surface area contributed by atoms with Gasteiger partial charge in [0.25, 0.3) is 11.5 Å². The Morgan fingerprint density at radius 3 is 2.39 bits per heavy atom. The number of piperazine rings is 1. The summed E-state index contributed by atoms with van der Waals surface area (Å²) in [4.78, 5) is 39.5. The Bertz CT molecular complexity index is 1350. The number of amides is 1. The second kappa shape index (κ2) is 8.92. The molecular weight excluding hydrogens is 432 g/mol. The molecule has 1 saturated heterocycles. The second-order valence-corrected chi connectivity index (χ2v) is 9.73. The highest BCUT2D eigenvalue weighted by atomic mass is 32.1. The molecule has 33 heavy (non-hydrogen) atoms. The molecule has 1 amide bonds. The Hall–Kier alpha value is -3.29. The quantitative estimate of drug-likeness (QED) is 0.497. The molecule has 7 heteroatoms. The number of carbonyl (C=O) groups is 1. The van der Waals surface area contributed by atoms with Crippen LogP contribution in [-0.2, 0) is 6.54 Å². The lowest BCUT2D eigenvalue weighted by atomic mass is 10.0. The number of hydrogen-bond donors (Lipinski definition) is 1. The number of aromatic amines is 1. The van der Waals surface area contributed by atoms with E-state index in [0.717, 1.165) is 39.5 Å². The van der Waals surface area contributed by atoms with Gasteiger partial charge in [-0.2, -0.15) is 0 Å². The molecule has 0 aliphatic carbocycles. The van der Waals surface area contributed by atoms with Crippen LogP contribution in [0.25, 0.3) is 21.3 Å². The number of hydrogen-bond acceptors (Lipinski definition) is 5. The van der Waals surface area contributed by atoms with Crippen LogP contribution in [0.1, 0.15) is 26.6 Å². The minimum Gasteiger partial charge on any atom is -0.336 e. The predicted octanol–water partition coefficient (Wildman–Crippen LogP) is 4.23. The fourth-order valence-corrected chi connectivity index (χ4v) is 5.46. The summed E-state index contributed by atoms with van der Waals surface area (Å²) in [6.07, 6.45) is 0. The Labute approximate surface area is 196 Å². The van der Waals surface area contributed by atoms with Crippen LogP contribution in [0.4, 0.5) is 0 Å². The maximum absolute atomic E-state index is 13.1. The first kappa shape index (κ1) is 21.6. The molecule has 1 aliphatic rings. The van der Waals surface area contributed by atoms with Crippen molar-refractivity contribution in [2.24, 2.45) is 0 Å². The lowest BCUT2D eigenvalue weighted by Gasteiger charge is -2.34. The summed E-state index contributed by atoms with van der Waals surface area (Å²) in [6, 6.07) is 17.7. The normalized spacial score (nSPS) is 14.7. The molecule has 4 aromatic rings. The van der Waals surface area contributed by atoms with Crippen LogP contribution in [0.15, 0.2) is 59.4 Å². The van der Waals surface area contributed by atoms with E-state index in [-0.39, 0.29) is 11.5 Å². The highest BCUT2D eigenvalue weighted by molar-refractivity contribution is 7.19. The Morgan fingerprint density at radius 2 is 1.70 bits per heavy atom. The van der Waals surface area contributed by atoms with Gasteiger partial charge in [-0.05, 0) is 31.5 Å². The average molecular weight is 459 g/mol. The number of aryl methyl sites for hydroxylation is 2. The molecule has 1 fully saturated rings. The fraction of sp³-hybridized carbons (Fsp3) is 0.269. The smallest absolute Gasteiger partial charge is 0.260 e. The highest BCUT2D eigenvalue weighted by Gasteiger charge is 2.23. The number of benzene rings is 2. The molecule has 1 N–H and O–H groups in total. The number of H-pyrrole nitrogens is 1. The molecule has 0 spiro atoms. The van der Waals surface area contributed by atoms with Crippen molar-refractivity contribution in [2.75, 3.05) is 26.2 Å². The molecule has 0 bridgehead atoms. The Kier molecular flexibility index (Phi) is 5.83. The minimum atomic E-state index is -0.0900. The molecule has 2 aromatic heterocycles. The number of thiophene rings is 1. The topological polar surface area (TPSA) is 69.3 Å². The first-order valence-corrected chi connectivity index (χ1v) is 12.0. The molecule has 1 aliphatic heterocycles. The minimum absolute atomic E-state index is 0.0703. The average Bonchev–Trinajstić information content (AvgIpc) is 3.16. The molecule has 3 heterocycles. The summed E-state index contributed by atoms with van der Waals surface area (Å²) in [5.74, 6) is 0.743. The first-order valence-electron chi connectivity index (χ1n) is 11.2. The molecular formula is C26H26N4O2S. The zero-order valence-electron chi connectivity index (χ0n) is 18.8. The van der Waals surface area contributed by atoms with Crippen LogP contribution in [0.3, 0.4) is 0 Å². The van der Waals surface area contributed by atoms with E-state index in [1.54, 1.807) is 11.3 Å². The zero-order valence-corrected chi connectivity index (χ0v) is 19.6. The lowest BCUT2D eigenvalue weighted by Crippen LogP contribution is -2.48. The molecule has 0 saturated carbocycles. The van der Waals surface area contributed by atoms with Gasteiger partial charge in [-0.1, -0.05) is 48.0 Å². The fourth-order valence-electron chi connectivity index (χ4n) is 4.39. The van der Waals surface area contributed by atoms with Crippen LogP contribution in [-0.4, -0.2) is 51.9 Å². The van der Waals surface area contributed by atoms with Gasteiger partial charge in [0.1, 0.15) is 10.7 Å². The summed E-state index contributed by atoms with van der Waals surface area (Å²) < 4.78 is 0. The monoisotopic (exact) mass is 458 g/mol. The van der Waals surface area contributed by atoms with Gasteiger partial charge in [-0.15, -0.1) is 11.3 Å². The summed E-state index contributed by atoms with van der Waals surface area (Å²) in [5.41, 5.74) is 3.84. The number of rotatable bonds is 4. The second-order valence-electron chi connectivity index (χ2n) is 8.53. The van der Waals surface area contributed by atoms with E-state index < -0.39 is 0 Å². The van der Waals surface area contributed by atoms with Gasteiger partial charge < -0.3 is 9.88 Å². The lowest BCUT2D eigenvalue weighted by molar-refractivity contribution is 0.0625. The molecule has 6 nitrogen and oxygen atoms in total. The van der Waals surface area contributed by atoms with Crippen LogP contribution in [0.5, 0.6) is 0 Å². The molecule has 5 rings (SSSR count). The third-order valence-corrected chi connectivity index (χ3v) is 7.18. The van der Waals surface area contributed by atoms with Gasteiger partial charge >= 0.3 is 0 Å². The maximum atomic E-state index is 13.1. The van der Waals surface area contributed by atoms with Crippen molar-refractivity contribution in [2.45, 2.75) is 20.4 Å². The standard InChI is InChI=1S/C26H26N4O2S/c1-17-8-10-19(11-9-17)22-18(2)33-25-23(22)24(31)27-21(28-25)16-29-12-14-30(15-13-29)26(32)20-6-4-3-5-7-20/h3-11H,12-16H2,1-2H3,(H,27,28,31). The third kappa shape index (κ3) is 4.34. The zero-order chi connectivity index (χ0) is 22.9. The van der Waals surface area contributed by atoms with Crippen LogP contribution < -0.4 is 5.56 Å². The van der Waals surface area contributed by atoms with Crippen molar-refractivity contribution >= 4 is 27.5 Å². The largest absolute Gasteiger partial charge is 0.336 e. The van der Waals surface area contributed by atoms with Gasteiger partial charge in [0.05, 0.1) is 11.9 Å². The molecule has 0 unspecified atom stereocenters. The third-order valence-electron chi connectivity index (χ3n) is 6.18. The number of carbonyl (C=O) groups excluding carboxylic acids is 1. The SMILES string of the molecule is Cc1ccc(-c2c(C)sc3nc(CN4CCN(C(=O)c5ccccc5)CC4)[nH]c(=O)c23)cc1. The number of nitrogens with zero attached hydrogens (tertiary/aromatic N) is 3. The van der Waals surface area contributed by atoms with E-state index in [1.807, 2.05) is 42.2 Å². The van der Waals surface area contributed by atoms with E-state index >= 15 is 0 Å². The van der Waals surface area contributed by atoms with E-state index in [2.05, 4.69) is 41.1 Å². The van der Waals surface area contributed by atoms with Gasteiger partial charge in [0.2, 0.25) is 0 Å². The molecule has 0 radical (unpaired) electrons. The number of fused-ring (bicyclic) bond motifs is 1. The highest BCUT2D eigenvalue weighted by Crippen LogP contribution is 2.35. The van der Waals surface area contributed by atoms with Crippen molar-refractivity contribution in [3.05, 3.63) is 86.8 Å². The van der Waals surface area contributed by atoms with Gasteiger partial charge in [0.15, 0.2) is 0 Å². The van der Waals surface area contributed by atoms with Gasteiger partial charge in [-0.25, -0.2) is 4.98 Å². The summed E-state index contributed by atoms with van der Waals surface area (Å²) in [5, 5.41) is 0.670. The summed E-state index contributed by atoms with van der Waals surface area (Å²) in [7, 11) is 0. The van der Waals surface area contributed by atoms with Crippen molar-refractivity contribution in [1.29, 1.82) is 0 Å². The van der Waals surface area contributed by atoms with Crippen molar-refractivity contribution < 1.29 is 4.79 Å². The first-order chi connectivity index (χ1) is 16.0. The van der Waals surface area contributed by atoms with Crippen molar-refractivity contribution in [3.63, 3.8) is 0 Å². The molecule has 168 valence electrons. The van der Waals surface area contributed by atoms with Gasteiger partial charge in [0, 0.05) is 42.2 Å². The van der Waals surface area contributed by atoms with E-state index in [9.17, 15) is 9.59 Å². The molecule has 0 atom stereocenters. The van der Waals surface area contributed by atoms with Crippen molar-refractivity contribution in [3.8, 4) is 11.1 Å². The van der Waals surface area contributed by atoms with Gasteiger partial charge in [-0.3, -0.25) is 14.5 Å². The van der Waals surface area contributed by atoms with Crippen LogP contribution >= 0.6 is 11.3 Å². The number of nitrogens with one attached hydrogen (secondary N) is 1. The van der Waals surface area contributed by atoms with E-state index in [0.29, 0.717) is 30.8 Å². The predicted molar refractivity (Wildman–Crippen MR) is 133 cm³/mol. The van der Waals surface area contributed by atoms with Crippen LogP contribution in [0, 0.1) is 13.8 Å². The van der Waals surface area contributed by atoms with E-state index in [4.69, 9.17) is 4.98 Å². The van der Waals surface area contributed by atoms with Crippen LogP contribution in [0.2, 0.25) is 0 Å². The number of aromatic nitrogens is 2. The summed E-state index contributed by atoms with van der Waals surface area (Å²) >= 11 is 1.57. The maximum Gasteiger partial charge on any atom is 0.260 e. The van der Waals surface area contributed by atoms with E-state index in [1.165, 1.54) is 5.56 Å². The van der Waals surface area contributed by atoms with Crippen molar-refractivity contribution in [1.82, 2.24) is 19.8 Å². The Balaban J connectivity index is 1.32.